The third-order valence-corrected chi connectivity index (χ3v) is 3.13. The van der Waals surface area contributed by atoms with Crippen LogP contribution in [-0.2, 0) is 4.74 Å². The van der Waals surface area contributed by atoms with Crippen molar-refractivity contribution in [1.82, 2.24) is 9.80 Å². The summed E-state index contributed by atoms with van der Waals surface area (Å²) in [6.45, 7) is 7.84. The number of likely N-dealkylation sites (N-methyl/N-ethyl adjacent to an activating group) is 1. The van der Waals surface area contributed by atoms with Crippen LogP contribution >= 0.6 is 0 Å². The van der Waals surface area contributed by atoms with E-state index in [1.54, 1.807) is 0 Å². The van der Waals surface area contributed by atoms with E-state index in [0.29, 0.717) is 6.04 Å². The lowest BCUT2D eigenvalue weighted by Gasteiger charge is -2.44. The van der Waals surface area contributed by atoms with Crippen LogP contribution in [-0.4, -0.2) is 61.8 Å². The van der Waals surface area contributed by atoms with Crippen LogP contribution < -0.4 is 0 Å². The SMILES string of the molecule is C[C@H]1CN(C2COC2)CCN1C. The molecule has 3 heteroatoms. The molecule has 0 unspecified atom stereocenters. The molecular weight excluding hydrogens is 152 g/mol. The third-order valence-electron chi connectivity index (χ3n) is 3.13. The molecule has 2 fully saturated rings. The molecule has 0 saturated carbocycles. The molecule has 0 bridgehead atoms. The van der Waals surface area contributed by atoms with Gasteiger partial charge in [0.25, 0.3) is 0 Å². The molecule has 0 amide bonds. The van der Waals surface area contributed by atoms with Gasteiger partial charge in [-0.1, -0.05) is 0 Å². The zero-order chi connectivity index (χ0) is 8.55. The highest BCUT2D eigenvalue weighted by molar-refractivity contribution is 4.84. The van der Waals surface area contributed by atoms with Crippen LogP contribution in [0.25, 0.3) is 0 Å². The Kier molecular flexibility index (Phi) is 2.35. The van der Waals surface area contributed by atoms with E-state index in [9.17, 15) is 0 Å². The van der Waals surface area contributed by atoms with Crippen LogP contribution in [0.3, 0.4) is 0 Å². The maximum absolute atomic E-state index is 5.19. The molecule has 1 atom stereocenters. The van der Waals surface area contributed by atoms with Crippen molar-refractivity contribution in [3.63, 3.8) is 0 Å². The third kappa shape index (κ3) is 1.49. The van der Waals surface area contributed by atoms with Gasteiger partial charge in [0.2, 0.25) is 0 Å². The molecule has 12 heavy (non-hydrogen) atoms. The smallest absolute Gasteiger partial charge is 0.0645 e. The number of rotatable bonds is 1. The van der Waals surface area contributed by atoms with Gasteiger partial charge in [0.05, 0.1) is 19.3 Å². The summed E-state index contributed by atoms with van der Waals surface area (Å²) in [4.78, 5) is 4.99. The first-order chi connectivity index (χ1) is 5.77. The van der Waals surface area contributed by atoms with Gasteiger partial charge in [-0.25, -0.2) is 0 Å². The molecule has 2 saturated heterocycles. The van der Waals surface area contributed by atoms with E-state index in [2.05, 4.69) is 23.8 Å². The average molecular weight is 170 g/mol. The van der Waals surface area contributed by atoms with Crippen molar-refractivity contribution in [3.8, 4) is 0 Å². The Hall–Kier alpha value is -0.120. The molecular formula is C9H18N2O. The van der Waals surface area contributed by atoms with E-state index in [0.717, 1.165) is 19.3 Å². The van der Waals surface area contributed by atoms with Gasteiger partial charge in [0, 0.05) is 25.7 Å². The Morgan fingerprint density at radius 2 is 2.00 bits per heavy atom. The molecule has 0 aliphatic carbocycles. The molecule has 2 rings (SSSR count). The van der Waals surface area contributed by atoms with Gasteiger partial charge in [-0.05, 0) is 14.0 Å². The van der Waals surface area contributed by atoms with Crippen LogP contribution in [0, 0.1) is 0 Å². The van der Waals surface area contributed by atoms with E-state index >= 15 is 0 Å². The summed E-state index contributed by atoms with van der Waals surface area (Å²) in [5.74, 6) is 0. The second kappa shape index (κ2) is 3.32. The fraction of sp³-hybridized carbons (Fsp3) is 1.00. The second-order valence-electron chi connectivity index (χ2n) is 4.02. The van der Waals surface area contributed by atoms with Gasteiger partial charge in [0.15, 0.2) is 0 Å². The van der Waals surface area contributed by atoms with Crippen molar-refractivity contribution < 1.29 is 4.74 Å². The van der Waals surface area contributed by atoms with Crippen LogP contribution in [0.5, 0.6) is 0 Å². The van der Waals surface area contributed by atoms with Crippen molar-refractivity contribution in [1.29, 1.82) is 0 Å². The number of piperazine rings is 1. The van der Waals surface area contributed by atoms with Crippen molar-refractivity contribution in [2.45, 2.75) is 19.0 Å². The maximum atomic E-state index is 5.19. The predicted octanol–water partition coefficient (Wildman–Crippen LogP) is 0.0211. The molecule has 0 aromatic heterocycles. The molecule has 2 heterocycles. The van der Waals surface area contributed by atoms with Gasteiger partial charge >= 0.3 is 0 Å². The fourth-order valence-electron chi connectivity index (χ4n) is 1.84. The van der Waals surface area contributed by atoms with E-state index in [4.69, 9.17) is 4.74 Å². The van der Waals surface area contributed by atoms with Crippen molar-refractivity contribution >= 4 is 0 Å². The first-order valence-corrected chi connectivity index (χ1v) is 4.79. The summed E-state index contributed by atoms with van der Waals surface area (Å²) in [7, 11) is 2.21. The van der Waals surface area contributed by atoms with Gasteiger partial charge < -0.3 is 9.64 Å². The fourth-order valence-corrected chi connectivity index (χ4v) is 1.84. The largest absolute Gasteiger partial charge is 0.378 e. The molecule has 70 valence electrons. The molecule has 0 aromatic rings. The average Bonchev–Trinajstić information content (AvgIpc) is 1.93. The Morgan fingerprint density at radius 3 is 2.50 bits per heavy atom. The molecule has 2 aliphatic rings. The molecule has 2 aliphatic heterocycles. The van der Waals surface area contributed by atoms with E-state index in [-0.39, 0.29) is 0 Å². The van der Waals surface area contributed by atoms with Crippen molar-refractivity contribution in [2.75, 3.05) is 39.9 Å². The minimum absolute atomic E-state index is 0.708. The topological polar surface area (TPSA) is 15.7 Å². The van der Waals surface area contributed by atoms with Gasteiger partial charge in [-0.2, -0.15) is 0 Å². The first-order valence-electron chi connectivity index (χ1n) is 4.79. The monoisotopic (exact) mass is 170 g/mol. The number of nitrogens with zero attached hydrogens (tertiary/aromatic N) is 2. The normalized spacial score (nSPS) is 35.0. The summed E-state index contributed by atoms with van der Waals surface area (Å²) < 4.78 is 5.19. The second-order valence-corrected chi connectivity index (χ2v) is 4.02. The van der Waals surface area contributed by atoms with E-state index in [1.165, 1.54) is 19.6 Å². The summed E-state index contributed by atoms with van der Waals surface area (Å²) in [6.07, 6.45) is 0. The number of hydrogen-bond acceptors (Lipinski definition) is 3. The molecule has 0 radical (unpaired) electrons. The van der Waals surface area contributed by atoms with Crippen LogP contribution in [0.1, 0.15) is 6.92 Å². The molecule has 0 spiro atoms. The highest BCUT2D eigenvalue weighted by Crippen LogP contribution is 2.15. The van der Waals surface area contributed by atoms with Gasteiger partial charge in [0.1, 0.15) is 0 Å². The summed E-state index contributed by atoms with van der Waals surface area (Å²) >= 11 is 0. The Labute approximate surface area is 74.3 Å². The zero-order valence-corrected chi connectivity index (χ0v) is 7.99. The highest BCUT2D eigenvalue weighted by Gasteiger charge is 2.30. The Morgan fingerprint density at radius 1 is 1.25 bits per heavy atom. The minimum atomic E-state index is 0.708. The maximum Gasteiger partial charge on any atom is 0.0645 e. The Bertz CT molecular complexity index is 159. The first kappa shape index (κ1) is 8.48. The lowest BCUT2D eigenvalue weighted by molar-refractivity contribution is -0.0822. The molecule has 0 N–H and O–H groups in total. The zero-order valence-electron chi connectivity index (χ0n) is 7.99. The number of ether oxygens (including phenoxy) is 1. The quantitative estimate of drug-likeness (QED) is 0.552. The summed E-state index contributed by atoms with van der Waals surface area (Å²) in [5.41, 5.74) is 0. The van der Waals surface area contributed by atoms with Crippen LogP contribution in [0.2, 0.25) is 0 Å². The molecule has 3 nitrogen and oxygen atoms in total. The molecule has 0 aromatic carbocycles. The summed E-state index contributed by atoms with van der Waals surface area (Å²) in [6, 6.07) is 1.43. The predicted molar refractivity (Wildman–Crippen MR) is 48.3 cm³/mol. The Balaban J connectivity index is 1.84. The van der Waals surface area contributed by atoms with E-state index in [1.807, 2.05) is 0 Å². The highest BCUT2D eigenvalue weighted by atomic mass is 16.5. The van der Waals surface area contributed by atoms with Crippen molar-refractivity contribution in [3.05, 3.63) is 0 Å². The standard InChI is InChI=1S/C9H18N2O/c1-8-5-11(4-3-10(8)2)9-6-12-7-9/h8-9H,3-7H2,1-2H3/t8-/m0/s1. The van der Waals surface area contributed by atoms with Gasteiger partial charge in [-0.15, -0.1) is 0 Å². The minimum Gasteiger partial charge on any atom is -0.378 e. The van der Waals surface area contributed by atoms with Crippen molar-refractivity contribution in [2.24, 2.45) is 0 Å². The van der Waals surface area contributed by atoms with Crippen LogP contribution in [0.4, 0.5) is 0 Å². The van der Waals surface area contributed by atoms with E-state index < -0.39 is 0 Å². The van der Waals surface area contributed by atoms with Gasteiger partial charge in [-0.3, -0.25) is 4.90 Å². The lowest BCUT2D eigenvalue weighted by atomic mass is 10.1. The van der Waals surface area contributed by atoms with Crippen LogP contribution in [0.15, 0.2) is 0 Å². The number of hydrogen-bond donors (Lipinski definition) is 0. The lowest BCUT2D eigenvalue weighted by Crippen LogP contribution is -2.58. The summed E-state index contributed by atoms with van der Waals surface area (Å²) in [5, 5.41) is 0.